The summed E-state index contributed by atoms with van der Waals surface area (Å²) in [5.41, 5.74) is 3.04. The maximum absolute atomic E-state index is 13.7. The highest BCUT2D eigenvalue weighted by Crippen LogP contribution is 2.22. The Kier molecular flexibility index (Phi) is 7.00. The first kappa shape index (κ1) is 19.9. The Morgan fingerprint density at radius 1 is 1.07 bits per heavy atom. The maximum Gasteiger partial charge on any atom is 0.223 e. The Balaban J connectivity index is 1.43. The normalized spacial score (nSPS) is 13.4. The second-order valence-corrected chi connectivity index (χ2v) is 6.84. The van der Waals surface area contributed by atoms with Gasteiger partial charge in [0.15, 0.2) is 5.96 Å². The van der Waals surface area contributed by atoms with E-state index in [4.69, 9.17) is 0 Å². The highest BCUT2D eigenvalue weighted by atomic mass is 19.1. The lowest BCUT2D eigenvalue weighted by atomic mass is 10.1. The summed E-state index contributed by atoms with van der Waals surface area (Å²) in [5, 5.41) is 6.37. The number of hydrogen-bond acceptors (Lipinski definition) is 2. The molecule has 1 amide bonds. The summed E-state index contributed by atoms with van der Waals surface area (Å²) in [7, 11) is 0. The van der Waals surface area contributed by atoms with E-state index in [-0.39, 0.29) is 18.3 Å². The lowest BCUT2D eigenvalue weighted by molar-refractivity contribution is -0.131. The quantitative estimate of drug-likeness (QED) is 0.439. The fraction of sp³-hybridized carbons (Fsp3) is 0.364. The monoisotopic (exact) mass is 382 g/mol. The molecule has 0 spiro atoms. The van der Waals surface area contributed by atoms with Crippen LogP contribution in [0.15, 0.2) is 53.5 Å². The zero-order valence-electron chi connectivity index (χ0n) is 16.2. The lowest BCUT2D eigenvalue weighted by Crippen LogP contribution is -2.38. The van der Waals surface area contributed by atoms with Gasteiger partial charge in [0.05, 0.1) is 6.54 Å². The summed E-state index contributed by atoms with van der Waals surface area (Å²) in [6, 6.07) is 14.8. The zero-order valence-corrected chi connectivity index (χ0v) is 16.2. The topological polar surface area (TPSA) is 56.7 Å². The average Bonchev–Trinajstić information content (AvgIpc) is 3.14. The van der Waals surface area contributed by atoms with Gasteiger partial charge in [-0.2, -0.15) is 0 Å². The van der Waals surface area contributed by atoms with Crippen molar-refractivity contribution in [3.63, 3.8) is 0 Å². The van der Waals surface area contributed by atoms with Gasteiger partial charge >= 0.3 is 0 Å². The van der Waals surface area contributed by atoms with Crippen LogP contribution in [0, 0.1) is 5.82 Å². The van der Waals surface area contributed by atoms with Crippen LogP contribution in [0.4, 0.5) is 4.39 Å². The third-order valence-corrected chi connectivity index (χ3v) is 4.76. The molecule has 0 atom stereocenters. The van der Waals surface area contributed by atoms with Crippen LogP contribution in [0.3, 0.4) is 0 Å². The third-order valence-electron chi connectivity index (χ3n) is 4.76. The number of aliphatic imine (C=N–C) groups is 1. The van der Waals surface area contributed by atoms with Crippen molar-refractivity contribution in [1.82, 2.24) is 15.5 Å². The van der Waals surface area contributed by atoms with Gasteiger partial charge < -0.3 is 15.5 Å². The minimum atomic E-state index is -0.251. The van der Waals surface area contributed by atoms with E-state index in [1.54, 1.807) is 18.2 Å². The number of amides is 1. The molecule has 2 N–H and O–H groups in total. The predicted octanol–water partition coefficient (Wildman–Crippen LogP) is 3.20. The molecule has 0 aliphatic carbocycles. The van der Waals surface area contributed by atoms with Gasteiger partial charge in [-0.15, -0.1) is 0 Å². The number of fused-ring (bicyclic) bond motifs is 1. The molecule has 3 rings (SSSR count). The van der Waals surface area contributed by atoms with Gasteiger partial charge in [-0.05, 0) is 30.5 Å². The minimum absolute atomic E-state index is 0.172. The van der Waals surface area contributed by atoms with Gasteiger partial charge in [-0.3, -0.25) is 4.79 Å². The second kappa shape index (κ2) is 9.88. The average molecular weight is 382 g/mol. The molecule has 0 unspecified atom stereocenters. The molecule has 0 radical (unpaired) electrons. The molecule has 0 aromatic heterocycles. The summed E-state index contributed by atoms with van der Waals surface area (Å²) < 4.78 is 13.7. The standard InChI is InChI=1S/C22H27FN4O/c1-2-24-22(26-14-17-8-5-6-11-20(17)23)25-13-7-12-21(28)27-15-18-9-3-4-10-19(18)16-27/h3-6,8-11H,2,7,12-16H2,1H3,(H2,24,25,26). The Morgan fingerprint density at radius 3 is 2.43 bits per heavy atom. The molecule has 1 aliphatic heterocycles. The molecule has 1 heterocycles. The van der Waals surface area contributed by atoms with Crippen LogP contribution in [0.5, 0.6) is 0 Å². The van der Waals surface area contributed by atoms with E-state index in [1.165, 1.54) is 17.2 Å². The molecular weight excluding hydrogens is 355 g/mol. The lowest BCUT2D eigenvalue weighted by Gasteiger charge is -2.16. The molecule has 148 valence electrons. The summed E-state index contributed by atoms with van der Waals surface area (Å²) in [6.45, 7) is 5.01. The number of carbonyl (C=O) groups excluding carboxylic acids is 1. The summed E-state index contributed by atoms with van der Waals surface area (Å²) >= 11 is 0. The van der Waals surface area contributed by atoms with Crippen molar-refractivity contribution in [3.05, 3.63) is 71.0 Å². The predicted molar refractivity (Wildman–Crippen MR) is 109 cm³/mol. The van der Waals surface area contributed by atoms with Crippen molar-refractivity contribution in [2.24, 2.45) is 4.99 Å². The fourth-order valence-electron chi connectivity index (χ4n) is 3.25. The molecule has 2 aromatic carbocycles. The number of halogens is 1. The number of rotatable bonds is 7. The van der Waals surface area contributed by atoms with Crippen molar-refractivity contribution < 1.29 is 9.18 Å². The van der Waals surface area contributed by atoms with E-state index in [1.807, 2.05) is 24.0 Å². The Morgan fingerprint density at radius 2 is 1.75 bits per heavy atom. The van der Waals surface area contributed by atoms with Crippen LogP contribution >= 0.6 is 0 Å². The first-order chi connectivity index (χ1) is 13.7. The molecule has 1 aliphatic rings. The van der Waals surface area contributed by atoms with Crippen molar-refractivity contribution >= 4 is 11.9 Å². The van der Waals surface area contributed by atoms with Crippen LogP contribution in [-0.4, -0.2) is 29.9 Å². The molecule has 5 nitrogen and oxygen atoms in total. The van der Waals surface area contributed by atoms with Gasteiger partial charge in [-0.1, -0.05) is 42.5 Å². The van der Waals surface area contributed by atoms with Crippen molar-refractivity contribution in [3.8, 4) is 0 Å². The van der Waals surface area contributed by atoms with Crippen LogP contribution in [0.25, 0.3) is 0 Å². The number of carbonyl (C=O) groups is 1. The van der Waals surface area contributed by atoms with Crippen LogP contribution < -0.4 is 10.6 Å². The van der Waals surface area contributed by atoms with E-state index in [9.17, 15) is 9.18 Å². The summed E-state index contributed by atoms with van der Waals surface area (Å²) in [4.78, 5) is 18.8. The molecule has 28 heavy (non-hydrogen) atoms. The Bertz CT molecular complexity index is 812. The van der Waals surface area contributed by atoms with Crippen molar-refractivity contribution in [2.75, 3.05) is 13.1 Å². The Labute approximate surface area is 165 Å². The van der Waals surface area contributed by atoms with Crippen LogP contribution in [0.2, 0.25) is 0 Å². The second-order valence-electron chi connectivity index (χ2n) is 6.84. The summed E-state index contributed by atoms with van der Waals surface area (Å²) in [6.07, 6.45) is 1.21. The first-order valence-electron chi connectivity index (χ1n) is 9.77. The molecule has 0 bridgehead atoms. The third kappa shape index (κ3) is 5.31. The van der Waals surface area contributed by atoms with Crippen molar-refractivity contribution in [2.45, 2.75) is 39.4 Å². The highest BCUT2D eigenvalue weighted by Gasteiger charge is 2.22. The van der Waals surface area contributed by atoms with Gasteiger partial charge in [0.25, 0.3) is 0 Å². The van der Waals surface area contributed by atoms with E-state index in [0.29, 0.717) is 44.1 Å². The fourth-order valence-corrected chi connectivity index (χ4v) is 3.25. The number of nitrogens with zero attached hydrogens (tertiary/aromatic N) is 2. The summed E-state index contributed by atoms with van der Waals surface area (Å²) in [5.74, 6) is 0.553. The largest absolute Gasteiger partial charge is 0.357 e. The molecule has 2 aromatic rings. The van der Waals surface area contributed by atoms with Crippen LogP contribution in [0.1, 0.15) is 36.5 Å². The molecule has 0 saturated carbocycles. The van der Waals surface area contributed by atoms with E-state index in [2.05, 4.69) is 27.8 Å². The number of benzene rings is 2. The smallest absolute Gasteiger partial charge is 0.223 e. The molecule has 0 fully saturated rings. The van der Waals surface area contributed by atoms with E-state index >= 15 is 0 Å². The molecular formula is C22H27FN4O. The van der Waals surface area contributed by atoms with Crippen molar-refractivity contribution in [1.29, 1.82) is 0 Å². The van der Waals surface area contributed by atoms with E-state index < -0.39 is 0 Å². The van der Waals surface area contributed by atoms with Gasteiger partial charge in [0, 0.05) is 38.2 Å². The molecule has 6 heteroatoms. The number of hydrogen-bond donors (Lipinski definition) is 2. The van der Waals surface area contributed by atoms with E-state index in [0.717, 1.165) is 6.42 Å². The SMILES string of the molecule is CCNC(=NCc1ccccc1F)NCCCC(=O)N1Cc2ccccc2C1. The minimum Gasteiger partial charge on any atom is -0.357 e. The van der Waals surface area contributed by atoms with Gasteiger partial charge in [-0.25, -0.2) is 9.38 Å². The number of nitrogens with one attached hydrogen (secondary N) is 2. The maximum atomic E-state index is 13.7. The molecule has 0 saturated heterocycles. The van der Waals surface area contributed by atoms with Gasteiger partial charge in [0.1, 0.15) is 5.82 Å². The van der Waals surface area contributed by atoms with Crippen LogP contribution in [-0.2, 0) is 24.4 Å². The Hall–Kier alpha value is -2.89. The number of guanidine groups is 1. The zero-order chi connectivity index (χ0) is 19.8. The van der Waals surface area contributed by atoms with Gasteiger partial charge in [0.2, 0.25) is 5.91 Å². The first-order valence-corrected chi connectivity index (χ1v) is 9.77. The highest BCUT2D eigenvalue weighted by molar-refractivity contribution is 5.80.